The second kappa shape index (κ2) is 8.38. The van der Waals surface area contributed by atoms with Gasteiger partial charge in [-0.25, -0.2) is 0 Å². The Morgan fingerprint density at radius 3 is 2.52 bits per heavy atom. The number of rotatable bonds is 5. The molecule has 0 spiro atoms. The second-order valence-corrected chi connectivity index (χ2v) is 7.34. The number of fused-ring (bicyclic) bond motifs is 1. The fourth-order valence-electron chi connectivity index (χ4n) is 2.88. The standard InChI is InChI=1S/C20H22Cl2N2O3/c1-11-4-6-15(21)19(18(11)22)24-20(25)13(3)23-12(2)14-5-7-16-17(10-14)27-9-8-26-16/h4-7,10,12-13,23H,8-9H2,1-3H3,(H,24,25). The minimum Gasteiger partial charge on any atom is -0.486 e. The number of ether oxygens (including phenoxy) is 2. The Labute approximate surface area is 168 Å². The highest BCUT2D eigenvalue weighted by atomic mass is 35.5. The highest BCUT2D eigenvalue weighted by molar-refractivity contribution is 6.40. The highest BCUT2D eigenvalue weighted by Gasteiger charge is 2.20. The fraction of sp³-hybridized carbons (Fsp3) is 0.350. The first-order valence-corrected chi connectivity index (χ1v) is 9.53. The van der Waals surface area contributed by atoms with E-state index in [9.17, 15) is 4.79 Å². The number of carbonyl (C=O) groups excluding carboxylic acids is 1. The van der Waals surface area contributed by atoms with Crippen LogP contribution >= 0.6 is 23.2 Å². The molecule has 1 aliphatic rings. The predicted octanol–water partition coefficient (Wildman–Crippen LogP) is 4.75. The van der Waals surface area contributed by atoms with Crippen LogP contribution in [0.25, 0.3) is 0 Å². The molecule has 144 valence electrons. The van der Waals surface area contributed by atoms with E-state index in [0.717, 1.165) is 22.6 Å². The van der Waals surface area contributed by atoms with Crippen LogP contribution in [0.5, 0.6) is 11.5 Å². The zero-order chi connectivity index (χ0) is 19.6. The Balaban J connectivity index is 1.67. The molecule has 0 radical (unpaired) electrons. The topological polar surface area (TPSA) is 59.6 Å². The first-order chi connectivity index (χ1) is 12.9. The van der Waals surface area contributed by atoms with Crippen LogP contribution in [0.15, 0.2) is 30.3 Å². The third-order valence-electron chi connectivity index (χ3n) is 4.49. The molecule has 0 aromatic heterocycles. The van der Waals surface area contributed by atoms with Crippen molar-refractivity contribution in [1.82, 2.24) is 5.32 Å². The molecule has 2 atom stereocenters. The van der Waals surface area contributed by atoms with Gasteiger partial charge in [0.1, 0.15) is 13.2 Å². The predicted molar refractivity (Wildman–Crippen MR) is 108 cm³/mol. The average molecular weight is 409 g/mol. The SMILES string of the molecule is Cc1ccc(Cl)c(NC(=O)C(C)NC(C)c2ccc3c(c2)OCCO3)c1Cl. The van der Waals surface area contributed by atoms with E-state index in [1.165, 1.54) is 0 Å². The van der Waals surface area contributed by atoms with Crippen LogP contribution in [0.1, 0.15) is 31.0 Å². The van der Waals surface area contributed by atoms with E-state index < -0.39 is 6.04 Å². The van der Waals surface area contributed by atoms with Crippen molar-refractivity contribution in [3.8, 4) is 11.5 Å². The van der Waals surface area contributed by atoms with Crippen LogP contribution in [0, 0.1) is 6.92 Å². The molecule has 1 heterocycles. The van der Waals surface area contributed by atoms with E-state index in [0.29, 0.717) is 28.9 Å². The van der Waals surface area contributed by atoms with Crippen molar-refractivity contribution in [3.63, 3.8) is 0 Å². The molecule has 27 heavy (non-hydrogen) atoms. The fourth-order valence-corrected chi connectivity index (χ4v) is 3.34. The van der Waals surface area contributed by atoms with Crippen LogP contribution in [0.4, 0.5) is 5.69 Å². The third-order valence-corrected chi connectivity index (χ3v) is 5.29. The molecule has 0 saturated carbocycles. The molecule has 0 bridgehead atoms. The van der Waals surface area contributed by atoms with Gasteiger partial charge in [-0.2, -0.15) is 0 Å². The molecule has 0 fully saturated rings. The van der Waals surface area contributed by atoms with Gasteiger partial charge in [-0.3, -0.25) is 10.1 Å². The van der Waals surface area contributed by atoms with E-state index in [1.54, 1.807) is 13.0 Å². The van der Waals surface area contributed by atoms with E-state index in [2.05, 4.69) is 10.6 Å². The van der Waals surface area contributed by atoms with Gasteiger partial charge in [-0.15, -0.1) is 0 Å². The normalized spacial score (nSPS) is 15.1. The van der Waals surface area contributed by atoms with Crippen molar-refractivity contribution >= 4 is 34.8 Å². The van der Waals surface area contributed by atoms with E-state index in [1.807, 2.05) is 38.1 Å². The summed E-state index contributed by atoms with van der Waals surface area (Å²) in [6.45, 7) is 6.74. The van der Waals surface area contributed by atoms with Gasteiger partial charge >= 0.3 is 0 Å². The van der Waals surface area contributed by atoms with E-state index in [-0.39, 0.29) is 11.9 Å². The third kappa shape index (κ3) is 4.49. The zero-order valence-corrected chi connectivity index (χ0v) is 16.9. The molecule has 2 unspecified atom stereocenters. The van der Waals surface area contributed by atoms with Gasteiger partial charge in [-0.05, 0) is 50.1 Å². The summed E-state index contributed by atoms with van der Waals surface area (Å²) in [6, 6.07) is 8.79. The lowest BCUT2D eigenvalue weighted by molar-refractivity contribution is -0.117. The molecule has 2 N–H and O–H groups in total. The van der Waals surface area contributed by atoms with Gasteiger partial charge in [0, 0.05) is 6.04 Å². The van der Waals surface area contributed by atoms with Crippen molar-refractivity contribution < 1.29 is 14.3 Å². The molecule has 0 aliphatic carbocycles. The van der Waals surface area contributed by atoms with E-state index >= 15 is 0 Å². The molecular formula is C20H22Cl2N2O3. The Bertz CT molecular complexity index is 857. The molecular weight excluding hydrogens is 387 g/mol. The Morgan fingerprint density at radius 1 is 1.07 bits per heavy atom. The molecule has 7 heteroatoms. The van der Waals surface area contributed by atoms with Gasteiger partial charge in [0.15, 0.2) is 11.5 Å². The maximum absolute atomic E-state index is 12.6. The lowest BCUT2D eigenvalue weighted by atomic mass is 10.1. The zero-order valence-electron chi connectivity index (χ0n) is 15.4. The summed E-state index contributed by atoms with van der Waals surface area (Å²) in [6.07, 6.45) is 0. The first kappa shape index (κ1) is 19.8. The van der Waals surface area contributed by atoms with Crippen molar-refractivity contribution in [2.75, 3.05) is 18.5 Å². The monoisotopic (exact) mass is 408 g/mol. The lowest BCUT2D eigenvalue weighted by Gasteiger charge is -2.23. The van der Waals surface area contributed by atoms with Crippen molar-refractivity contribution in [2.24, 2.45) is 0 Å². The first-order valence-electron chi connectivity index (χ1n) is 8.78. The summed E-state index contributed by atoms with van der Waals surface area (Å²) in [7, 11) is 0. The number of amides is 1. The van der Waals surface area contributed by atoms with Crippen molar-refractivity contribution in [1.29, 1.82) is 0 Å². The van der Waals surface area contributed by atoms with Crippen LogP contribution in [-0.4, -0.2) is 25.2 Å². The smallest absolute Gasteiger partial charge is 0.241 e. The van der Waals surface area contributed by atoms with Crippen LogP contribution in [0.2, 0.25) is 10.0 Å². The summed E-state index contributed by atoms with van der Waals surface area (Å²) in [4.78, 5) is 12.6. The molecule has 0 saturated heterocycles. The number of carbonyl (C=O) groups is 1. The van der Waals surface area contributed by atoms with Crippen LogP contribution in [0.3, 0.4) is 0 Å². The van der Waals surface area contributed by atoms with Gasteiger partial charge in [-0.1, -0.05) is 35.3 Å². The number of hydrogen-bond acceptors (Lipinski definition) is 4. The van der Waals surface area contributed by atoms with Gasteiger partial charge in [0.25, 0.3) is 0 Å². The van der Waals surface area contributed by atoms with Crippen molar-refractivity contribution in [3.05, 3.63) is 51.5 Å². The lowest BCUT2D eigenvalue weighted by Crippen LogP contribution is -2.39. The van der Waals surface area contributed by atoms with Crippen LogP contribution < -0.4 is 20.1 Å². The molecule has 2 aromatic rings. The largest absolute Gasteiger partial charge is 0.486 e. The number of hydrogen-bond donors (Lipinski definition) is 2. The minimum atomic E-state index is -0.458. The molecule has 2 aromatic carbocycles. The summed E-state index contributed by atoms with van der Waals surface area (Å²) in [5.41, 5.74) is 2.29. The summed E-state index contributed by atoms with van der Waals surface area (Å²) < 4.78 is 11.2. The summed E-state index contributed by atoms with van der Waals surface area (Å²) >= 11 is 12.4. The Hall–Kier alpha value is -1.95. The maximum atomic E-state index is 12.6. The number of aryl methyl sites for hydroxylation is 1. The van der Waals surface area contributed by atoms with Crippen molar-refractivity contribution in [2.45, 2.75) is 32.9 Å². The second-order valence-electron chi connectivity index (χ2n) is 6.56. The number of nitrogens with one attached hydrogen (secondary N) is 2. The molecule has 3 rings (SSSR count). The Morgan fingerprint density at radius 2 is 1.78 bits per heavy atom. The minimum absolute atomic E-state index is 0.0648. The summed E-state index contributed by atoms with van der Waals surface area (Å²) in [5.74, 6) is 1.25. The summed E-state index contributed by atoms with van der Waals surface area (Å²) in [5, 5.41) is 6.95. The Kier molecular flexibility index (Phi) is 6.15. The van der Waals surface area contributed by atoms with Gasteiger partial charge in [0.05, 0.1) is 21.8 Å². The average Bonchev–Trinajstić information content (AvgIpc) is 2.67. The maximum Gasteiger partial charge on any atom is 0.241 e. The number of anilines is 1. The van der Waals surface area contributed by atoms with Gasteiger partial charge < -0.3 is 14.8 Å². The van der Waals surface area contributed by atoms with Crippen LogP contribution in [-0.2, 0) is 4.79 Å². The quantitative estimate of drug-likeness (QED) is 0.748. The van der Waals surface area contributed by atoms with E-state index in [4.69, 9.17) is 32.7 Å². The van der Waals surface area contributed by atoms with Gasteiger partial charge in [0.2, 0.25) is 5.91 Å². The molecule has 1 aliphatic heterocycles. The number of halogens is 2. The highest BCUT2D eigenvalue weighted by Crippen LogP contribution is 2.34. The number of benzene rings is 2. The molecule has 1 amide bonds. The molecule has 5 nitrogen and oxygen atoms in total.